The van der Waals surface area contributed by atoms with E-state index in [9.17, 15) is 10.1 Å². The van der Waals surface area contributed by atoms with E-state index in [1.165, 1.54) is 18.2 Å². The maximum atomic E-state index is 10.3. The molecule has 0 unspecified atom stereocenters. The molecule has 0 amide bonds. The van der Waals surface area contributed by atoms with Crippen molar-refractivity contribution in [1.82, 2.24) is 0 Å². The molecule has 1 radical (unpaired) electrons. The lowest BCUT2D eigenvalue weighted by atomic mass is 10.2. The van der Waals surface area contributed by atoms with E-state index < -0.39 is 4.92 Å². The third kappa shape index (κ3) is 1.72. The highest BCUT2D eigenvalue weighted by molar-refractivity contribution is 6.32. The Kier molecular flexibility index (Phi) is 2.62. The Bertz CT molecular complexity index is 314. The monoisotopic (exact) mass is 186 g/mol. The summed E-state index contributed by atoms with van der Waals surface area (Å²) in [6, 6.07) is 4.04. The zero-order valence-electron chi connectivity index (χ0n) is 5.90. The quantitative estimate of drug-likeness (QED) is 0.569. The van der Waals surface area contributed by atoms with Crippen LogP contribution in [0.4, 0.5) is 5.69 Å². The van der Waals surface area contributed by atoms with Crippen LogP contribution in [0.5, 0.6) is 0 Å². The summed E-state index contributed by atoms with van der Waals surface area (Å²) in [5, 5.41) is 18.9. The first kappa shape index (κ1) is 8.96. The molecule has 1 aromatic rings. The second-order valence-corrected chi connectivity index (χ2v) is 2.50. The van der Waals surface area contributed by atoms with Crippen LogP contribution in [0.2, 0.25) is 5.02 Å². The zero-order valence-corrected chi connectivity index (χ0v) is 6.65. The van der Waals surface area contributed by atoms with Crippen LogP contribution in [0.3, 0.4) is 0 Å². The first-order valence-electron chi connectivity index (χ1n) is 3.06. The average molecular weight is 187 g/mol. The van der Waals surface area contributed by atoms with Gasteiger partial charge in [-0.2, -0.15) is 0 Å². The van der Waals surface area contributed by atoms with E-state index in [1.807, 2.05) is 0 Å². The standard InChI is InChI=1S/C7H5ClNO3/c8-6-2-1-5(4-10)3-7(6)9(11)12/h1-4,10H. The Morgan fingerprint density at radius 3 is 2.75 bits per heavy atom. The van der Waals surface area contributed by atoms with Crippen molar-refractivity contribution < 1.29 is 10.0 Å². The molecule has 0 aromatic heterocycles. The minimum absolute atomic E-state index is 0.0607. The third-order valence-corrected chi connectivity index (χ3v) is 1.64. The van der Waals surface area contributed by atoms with Gasteiger partial charge < -0.3 is 5.11 Å². The summed E-state index contributed by atoms with van der Waals surface area (Å²) >= 11 is 5.51. The molecule has 0 saturated heterocycles. The van der Waals surface area contributed by atoms with E-state index in [4.69, 9.17) is 16.7 Å². The van der Waals surface area contributed by atoms with Crippen molar-refractivity contribution in [1.29, 1.82) is 0 Å². The van der Waals surface area contributed by atoms with Gasteiger partial charge in [0, 0.05) is 6.07 Å². The molecule has 0 aliphatic heterocycles. The van der Waals surface area contributed by atoms with Gasteiger partial charge in [-0.3, -0.25) is 10.1 Å². The van der Waals surface area contributed by atoms with Crippen molar-refractivity contribution in [3.05, 3.63) is 45.5 Å². The van der Waals surface area contributed by atoms with Gasteiger partial charge in [-0.05, 0) is 11.6 Å². The van der Waals surface area contributed by atoms with Gasteiger partial charge >= 0.3 is 0 Å². The fourth-order valence-corrected chi connectivity index (χ4v) is 0.936. The SMILES string of the molecule is O=[N+]([O-])c1cc([CH]O)ccc1Cl. The number of nitro groups is 1. The number of nitro benzene ring substituents is 1. The summed E-state index contributed by atoms with van der Waals surface area (Å²) < 4.78 is 0. The van der Waals surface area contributed by atoms with Crippen molar-refractivity contribution in [2.75, 3.05) is 0 Å². The molecule has 0 aliphatic carbocycles. The summed E-state index contributed by atoms with van der Waals surface area (Å²) in [5.41, 5.74) is 0.144. The molecular formula is C7H5ClNO3. The maximum absolute atomic E-state index is 10.3. The summed E-state index contributed by atoms with van der Waals surface area (Å²) in [6.45, 7) is 0.781. The number of hydrogen-bond acceptors (Lipinski definition) is 3. The summed E-state index contributed by atoms with van der Waals surface area (Å²) in [4.78, 5) is 9.71. The van der Waals surface area contributed by atoms with Gasteiger partial charge in [0.1, 0.15) is 11.6 Å². The highest BCUT2D eigenvalue weighted by Crippen LogP contribution is 2.25. The van der Waals surface area contributed by atoms with Crippen LogP contribution in [0.15, 0.2) is 18.2 Å². The lowest BCUT2D eigenvalue weighted by Crippen LogP contribution is -1.90. The van der Waals surface area contributed by atoms with Gasteiger partial charge in [0.15, 0.2) is 0 Å². The molecule has 1 aromatic carbocycles. The van der Waals surface area contributed by atoms with E-state index >= 15 is 0 Å². The van der Waals surface area contributed by atoms with Gasteiger partial charge in [-0.15, -0.1) is 0 Å². The van der Waals surface area contributed by atoms with Gasteiger partial charge in [-0.1, -0.05) is 17.7 Å². The van der Waals surface area contributed by atoms with E-state index in [0.717, 1.165) is 6.61 Å². The molecule has 12 heavy (non-hydrogen) atoms. The van der Waals surface area contributed by atoms with Crippen molar-refractivity contribution in [2.24, 2.45) is 0 Å². The molecule has 63 valence electrons. The summed E-state index contributed by atoms with van der Waals surface area (Å²) in [7, 11) is 0. The molecule has 0 saturated carbocycles. The Balaban J connectivity index is 3.17. The minimum Gasteiger partial charge on any atom is -0.385 e. The van der Waals surface area contributed by atoms with Gasteiger partial charge in [-0.25, -0.2) is 0 Å². The Morgan fingerprint density at radius 1 is 1.58 bits per heavy atom. The van der Waals surface area contributed by atoms with Crippen LogP contribution in [0.1, 0.15) is 5.56 Å². The highest BCUT2D eigenvalue weighted by atomic mass is 35.5. The molecule has 0 atom stereocenters. The van der Waals surface area contributed by atoms with Crippen LogP contribution in [0.25, 0.3) is 0 Å². The van der Waals surface area contributed by atoms with Crippen molar-refractivity contribution >= 4 is 17.3 Å². The molecule has 4 nitrogen and oxygen atoms in total. The fourth-order valence-electron chi connectivity index (χ4n) is 0.750. The molecule has 0 spiro atoms. The fraction of sp³-hybridized carbons (Fsp3) is 0. The third-order valence-electron chi connectivity index (χ3n) is 1.32. The molecule has 1 rings (SSSR count). The Morgan fingerprint density at radius 2 is 2.25 bits per heavy atom. The molecule has 0 aliphatic rings. The first-order chi connectivity index (χ1) is 5.65. The van der Waals surface area contributed by atoms with Crippen LogP contribution in [-0.2, 0) is 0 Å². The lowest BCUT2D eigenvalue weighted by Gasteiger charge is -1.96. The van der Waals surface area contributed by atoms with Gasteiger partial charge in [0.25, 0.3) is 5.69 Å². The minimum atomic E-state index is -0.602. The number of benzene rings is 1. The maximum Gasteiger partial charge on any atom is 0.288 e. The van der Waals surface area contributed by atoms with Crippen LogP contribution in [-0.4, -0.2) is 10.0 Å². The van der Waals surface area contributed by atoms with Gasteiger partial charge in [0.2, 0.25) is 0 Å². The van der Waals surface area contributed by atoms with Crippen molar-refractivity contribution in [3.63, 3.8) is 0 Å². The number of aliphatic hydroxyl groups is 1. The first-order valence-corrected chi connectivity index (χ1v) is 3.44. The second-order valence-electron chi connectivity index (χ2n) is 2.10. The largest absolute Gasteiger partial charge is 0.385 e. The van der Waals surface area contributed by atoms with E-state index in [-0.39, 0.29) is 10.7 Å². The summed E-state index contributed by atoms with van der Waals surface area (Å²) in [5.74, 6) is 0. The average Bonchev–Trinajstić information content (AvgIpc) is 2.05. The van der Waals surface area contributed by atoms with Crippen molar-refractivity contribution in [2.45, 2.75) is 0 Å². The molecule has 0 heterocycles. The van der Waals surface area contributed by atoms with Crippen LogP contribution >= 0.6 is 11.6 Å². The van der Waals surface area contributed by atoms with Gasteiger partial charge in [0.05, 0.1) is 4.92 Å². The van der Waals surface area contributed by atoms with E-state index in [1.54, 1.807) is 0 Å². The van der Waals surface area contributed by atoms with E-state index in [2.05, 4.69) is 0 Å². The number of aliphatic hydroxyl groups excluding tert-OH is 1. The molecule has 5 heteroatoms. The predicted molar refractivity (Wildman–Crippen MR) is 43.4 cm³/mol. The normalized spacial score (nSPS) is 9.83. The molecular weight excluding hydrogens is 182 g/mol. The van der Waals surface area contributed by atoms with Crippen molar-refractivity contribution in [3.8, 4) is 0 Å². The summed E-state index contributed by atoms with van der Waals surface area (Å²) in [6.07, 6.45) is 0. The van der Waals surface area contributed by atoms with Crippen LogP contribution < -0.4 is 0 Å². The Labute approximate surface area is 73.5 Å². The zero-order chi connectivity index (χ0) is 9.14. The smallest absolute Gasteiger partial charge is 0.288 e. The molecule has 1 N–H and O–H groups in total. The van der Waals surface area contributed by atoms with E-state index in [0.29, 0.717) is 5.56 Å². The number of nitrogens with zero attached hydrogens (tertiary/aromatic N) is 1. The number of hydrogen-bond donors (Lipinski definition) is 1. The highest BCUT2D eigenvalue weighted by Gasteiger charge is 2.11. The molecule has 0 fully saturated rings. The number of halogens is 1. The second kappa shape index (κ2) is 3.51. The topological polar surface area (TPSA) is 63.4 Å². The lowest BCUT2D eigenvalue weighted by molar-refractivity contribution is -0.384. The predicted octanol–water partition coefficient (Wildman–Crippen LogP) is 2.13. The Hall–Kier alpha value is -1.13. The number of rotatable bonds is 2. The van der Waals surface area contributed by atoms with Crippen LogP contribution in [0, 0.1) is 16.7 Å². The molecule has 0 bridgehead atoms.